The monoisotopic (exact) mass is 479 g/mol. The highest BCUT2D eigenvalue weighted by molar-refractivity contribution is 6.05. The van der Waals surface area contributed by atoms with Gasteiger partial charge >= 0.3 is 0 Å². The lowest BCUT2D eigenvalue weighted by molar-refractivity contribution is 0.0972. The molecule has 0 saturated carbocycles. The zero-order valence-corrected chi connectivity index (χ0v) is 19.6. The molecule has 0 aliphatic rings. The number of pyridine rings is 1. The van der Waals surface area contributed by atoms with Gasteiger partial charge in [-0.1, -0.05) is 54.6 Å². The number of aromatic hydroxyl groups is 2. The van der Waals surface area contributed by atoms with Gasteiger partial charge in [-0.15, -0.1) is 0 Å². The number of fused-ring (bicyclic) bond motifs is 2. The number of nitrogens with one attached hydrogen (secondary N) is 1. The van der Waals surface area contributed by atoms with Crippen molar-refractivity contribution >= 4 is 38.8 Å². The fourth-order valence-electron chi connectivity index (χ4n) is 4.72. The van der Waals surface area contributed by atoms with E-state index in [-0.39, 0.29) is 23.5 Å². The number of Topliss-reactive ketones (excluding diaryl/α,β-unsaturated/α-hetero) is 1. The van der Waals surface area contributed by atoms with Gasteiger partial charge in [0.25, 0.3) is 5.56 Å². The SMILES string of the molecule is Cn1c(=O)c(C(=O)C[C@H](Nc2cccc3cccc(N)c23)c2ccccc2O)c(O)c2ccccc21. The predicted octanol–water partition coefficient (Wildman–Crippen LogP) is 5.11. The van der Waals surface area contributed by atoms with Gasteiger partial charge in [0.05, 0.1) is 11.6 Å². The van der Waals surface area contributed by atoms with E-state index in [9.17, 15) is 19.8 Å². The molecule has 180 valence electrons. The van der Waals surface area contributed by atoms with Crippen molar-refractivity contribution in [3.05, 3.63) is 106 Å². The molecule has 5 aromatic rings. The molecule has 0 aliphatic heterocycles. The number of phenols is 1. The van der Waals surface area contributed by atoms with Crippen LogP contribution in [0.1, 0.15) is 28.4 Å². The standard InChI is InChI=1S/C29H25N3O4/c1-32-23-14-4-2-11-19(23)28(35)27(29(32)36)25(34)16-22(18-10-3-5-15-24(18)33)31-21-13-7-9-17-8-6-12-20(30)26(17)21/h2-15,22,31,33,35H,16,30H2,1H3/t22-/m0/s1. The molecule has 0 saturated heterocycles. The number of para-hydroxylation sites is 2. The predicted molar refractivity (Wildman–Crippen MR) is 143 cm³/mol. The fraction of sp³-hybridized carbons (Fsp3) is 0.103. The lowest BCUT2D eigenvalue weighted by Gasteiger charge is -2.23. The zero-order chi connectivity index (χ0) is 25.4. The van der Waals surface area contributed by atoms with Crippen molar-refractivity contribution < 1.29 is 15.0 Å². The van der Waals surface area contributed by atoms with E-state index in [4.69, 9.17) is 5.73 Å². The van der Waals surface area contributed by atoms with Gasteiger partial charge in [-0.25, -0.2) is 0 Å². The zero-order valence-electron chi connectivity index (χ0n) is 19.6. The Morgan fingerprint density at radius 3 is 2.42 bits per heavy atom. The maximum Gasteiger partial charge on any atom is 0.265 e. The lowest BCUT2D eigenvalue weighted by atomic mass is 9.95. The number of ketones is 1. The quantitative estimate of drug-likeness (QED) is 0.199. The Bertz CT molecular complexity index is 1690. The molecule has 7 nitrogen and oxygen atoms in total. The molecule has 0 spiro atoms. The van der Waals surface area contributed by atoms with Crippen molar-refractivity contribution in [2.75, 3.05) is 11.1 Å². The minimum absolute atomic E-state index is 0.00615. The highest BCUT2D eigenvalue weighted by Crippen LogP contribution is 2.36. The van der Waals surface area contributed by atoms with Crippen LogP contribution in [0, 0.1) is 0 Å². The summed E-state index contributed by atoms with van der Waals surface area (Å²) in [5.41, 5.74) is 7.66. The van der Waals surface area contributed by atoms with Crippen LogP contribution < -0.4 is 16.6 Å². The molecule has 1 heterocycles. The Morgan fingerprint density at radius 2 is 1.64 bits per heavy atom. The highest BCUT2D eigenvalue weighted by atomic mass is 16.3. The number of nitrogen functional groups attached to an aromatic ring is 1. The number of nitrogens with zero attached hydrogens (tertiary/aromatic N) is 1. The summed E-state index contributed by atoms with van der Waals surface area (Å²) in [5, 5.41) is 27.0. The van der Waals surface area contributed by atoms with Crippen LogP contribution in [0.15, 0.2) is 89.7 Å². The first-order valence-electron chi connectivity index (χ1n) is 11.5. The van der Waals surface area contributed by atoms with E-state index in [0.717, 1.165) is 10.8 Å². The summed E-state index contributed by atoms with van der Waals surface area (Å²) in [6, 6.07) is 24.1. The third-order valence-electron chi connectivity index (χ3n) is 6.52. The first-order valence-corrected chi connectivity index (χ1v) is 11.5. The van der Waals surface area contributed by atoms with E-state index in [0.29, 0.717) is 27.8 Å². The summed E-state index contributed by atoms with van der Waals surface area (Å²) >= 11 is 0. The first kappa shape index (κ1) is 23.0. The van der Waals surface area contributed by atoms with Gasteiger partial charge < -0.3 is 25.8 Å². The van der Waals surface area contributed by atoms with Crippen molar-refractivity contribution in [3.8, 4) is 11.5 Å². The molecule has 5 rings (SSSR count). The summed E-state index contributed by atoms with van der Waals surface area (Å²) in [6.07, 6.45) is -0.193. The summed E-state index contributed by atoms with van der Waals surface area (Å²) in [4.78, 5) is 26.7. The number of hydrogen-bond donors (Lipinski definition) is 4. The molecule has 36 heavy (non-hydrogen) atoms. The summed E-state index contributed by atoms with van der Waals surface area (Å²) < 4.78 is 1.36. The summed E-state index contributed by atoms with van der Waals surface area (Å²) in [6.45, 7) is 0. The molecule has 7 heteroatoms. The van der Waals surface area contributed by atoms with Crippen LogP contribution >= 0.6 is 0 Å². The Morgan fingerprint density at radius 1 is 0.944 bits per heavy atom. The van der Waals surface area contributed by atoms with Crippen LogP contribution in [0.2, 0.25) is 0 Å². The number of benzene rings is 4. The second-order valence-corrected chi connectivity index (χ2v) is 8.74. The molecule has 5 N–H and O–H groups in total. The third-order valence-corrected chi connectivity index (χ3v) is 6.52. The van der Waals surface area contributed by atoms with E-state index in [1.807, 2.05) is 30.3 Å². The van der Waals surface area contributed by atoms with Crippen LogP contribution in [0.4, 0.5) is 11.4 Å². The molecule has 0 unspecified atom stereocenters. The molecule has 1 atom stereocenters. The number of phenolic OH excluding ortho intramolecular Hbond substituents is 1. The normalized spacial score (nSPS) is 12.0. The van der Waals surface area contributed by atoms with Gasteiger partial charge in [0.1, 0.15) is 17.1 Å². The highest BCUT2D eigenvalue weighted by Gasteiger charge is 2.26. The molecular formula is C29H25N3O4. The number of aryl methyl sites for hydroxylation is 1. The molecular weight excluding hydrogens is 454 g/mol. The smallest absolute Gasteiger partial charge is 0.265 e. The van der Waals surface area contributed by atoms with Crippen LogP contribution in [0.25, 0.3) is 21.7 Å². The van der Waals surface area contributed by atoms with Gasteiger partial charge in [0, 0.05) is 41.2 Å². The molecule has 4 aromatic carbocycles. The number of anilines is 2. The van der Waals surface area contributed by atoms with E-state index in [2.05, 4.69) is 5.32 Å². The Balaban J connectivity index is 1.61. The maximum absolute atomic E-state index is 13.6. The van der Waals surface area contributed by atoms with E-state index in [1.165, 1.54) is 4.57 Å². The van der Waals surface area contributed by atoms with E-state index in [1.54, 1.807) is 61.6 Å². The van der Waals surface area contributed by atoms with Crippen molar-refractivity contribution in [2.24, 2.45) is 7.05 Å². The topological polar surface area (TPSA) is 118 Å². The van der Waals surface area contributed by atoms with Gasteiger partial charge in [-0.2, -0.15) is 0 Å². The average Bonchev–Trinajstić information content (AvgIpc) is 2.87. The molecule has 0 fully saturated rings. The number of nitrogens with two attached hydrogens (primary N) is 1. The van der Waals surface area contributed by atoms with Crippen LogP contribution in [-0.2, 0) is 7.05 Å². The van der Waals surface area contributed by atoms with Crippen molar-refractivity contribution in [1.29, 1.82) is 0 Å². The largest absolute Gasteiger partial charge is 0.508 e. The van der Waals surface area contributed by atoms with Crippen molar-refractivity contribution in [1.82, 2.24) is 4.57 Å². The lowest BCUT2D eigenvalue weighted by Crippen LogP contribution is -2.27. The number of carbonyl (C=O) groups is 1. The van der Waals surface area contributed by atoms with Crippen LogP contribution in [0.3, 0.4) is 0 Å². The first-order chi connectivity index (χ1) is 17.4. The maximum atomic E-state index is 13.6. The van der Waals surface area contributed by atoms with Gasteiger partial charge in [0.15, 0.2) is 5.78 Å². The van der Waals surface area contributed by atoms with Crippen molar-refractivity contribution in [3.63, 3.8) is 0 Å². The molecule has 0 bridgehead atoms. The molecule has 0 amide bonds. The summed E-state index contributed by atoms with van der Waals surface area (Å²) in [7, 11) is 1.57. The van der Waals surface area contributed by atoms with Crippen LogP contribution in [0.5, 0.6) is 11.5 Å². The molecule has 1 aromatic heterocycles. The minimum atomic E-state index is -0.709. The molecule has 0 radical (unpaired) electrons. The number of hydrogen-bond acceptors (Lipinski definition) is 6. The number of carbonyl (C=O) groups excluding carboxylic acids is 1. The van der Waals surface area contributed by atoms with E-state index >= 15 is 0 Å². The number of aromatic nitrogens is 1. The Kier molecular flexibility index (Phi) is 5.82. The van der Waals surface area contributed by atoms with Crippen molar-refractivity contribution in [2.45, 2.75) is 12.5 Å². The fourth-order valence-corrected chi connectivity index (χ4v) is 4.72. The van der Waals surface area contributed by atoms with Gasteiger partial charge in [-0.3, -0.25) is 9.59 Å². The summed E-state index contributed by atoms with van der Waals surface area (Å²) in [5.74, 6) is -0.886. The minimum Gasteiger partial charge on any atom is -0.508 e. The van der Waals surface area contributed by atoms with Gasteiger partial charge in [0.2, 0.25) is 0 Å². The Labute approximate surface area is 207 Å². The second-order valence-electron chi connectivity index (χ2n) is 8.74. The van der Waals surface area contributed by atoms with E-state index < -0.39 is 17.4 Å². The third kappa shape index (κ3) is 3.90. The number of rotatable bonds is 6. The Hall–Kier alpha value is -4.78. The average molecular weight is 480 g/mol. The molecule has 0 aliphatic carbocycles. The van der Waals surface area contributed by atoms with Crippen LogP contribution in [-0.4, -0.2) is 20.6 Å². The van der Waals surface area contributed by atoms with Gasteiger partial charge in [-0.05, 0) is 35.7 Å². The second kappa shape index (κ2) is 9.11.